The number of ether oxygens (including phenoxy) is 2. The number of nitrogens with one attached hydrogen (secondary N) is 1. The van der Waals surface area contributed by atoms with E-state index < -0.39 is 17.7 Å². The van der Waals surface area contributed by atoms with Crippen molar-refractivity contribution < 1.29 is 24.2 Å². The van der Waals surface area contributed by atoms with Crippen LogP contribution < -0.4 is 14.8 Å². The topological polar surface area (TPSA) is 84.9 Å². The van der Waals surface area contributed by atoms with E-state index in [0.29, 0.717) is 22.6 Å². The number of carbonyl (C=O) groups excluding carboxylic acids is 2. The third-order valence-corrected chi connectivity index (χ3v) is 4.33. The van der Waals surface area contributed by atoms with Crippen LogP contribution in [0.25, 0.3) is 5.76 Å². The summed E-state index contributed by atoms with van der Waals surface area (Å²) in [5.74, 6) is -0.531. The van der Waals surface area contributed by atoms with E-state index in [1.54, 1.807) is 30.3 Å². The van der Waals surface area contributed by atoms with Gasteiger partial charge in [0.15, 0.2) is 11.5 Å². The monoisotopic (exact) mass is 337 g/mol. The predicted molar refractivity (Wildman–Crippen MR) is 89.2 cm³/mol. The number of hydrogen-bond acceptors (Lipinski definition) is 5. The van der Waals surface area contributed by atoms with Crippen molar-refractivity contribution in [2.75, 3.05) is 6.79 Å². The van der Waals surface area contributed by atoms with Crippen LogP contribution in [0.2, 0.25) is 0 Å². The third kappa shape index (κ3) is 2.52. The van der Waals surface area contributed by atoms with Crippen molar-refractivity contribution in [2.45, 2.75) is 13.0 Å². The number of Topliss-reactive ketones (excluding diaryl/α,β-unsaturated/α-hetero) is 1. The number of amides is 1. The van der Waals surface area contributed by atoms with Crippen LogP contribution in [0.5, 0.6) is 11.5 Å². The van der Waals surface area contributed by atoms with Crippen molar-refractivity contribution in [2.24, 2.45) is 0 Å². The minimum Gasteiger partial charge on any atom is -0.507 e. The normalized spacial score (nSPS) is 20.6. The predicted octanol–water partition coefficient (Wildman–Crippen LogP) is 2.43. The lowest BCUT2D eigenvalue weighted by Crippen LogP contribution is -2.21. The quantitative estimate of drug-likeness (QED) is 0.499. The van der Waals surface area contributed by atoms with Crippen molar-refractivity contribution >= 4 is 17.4 Å². The maximum absolute atomic E-state index is 12.3. The number of benzene rings is 2. The second kappa shape index (κ2) is 5.66. The van der Waals surface area contributed by atoms with E-state index in [9.17, 15) is 14.7 Å². The van der Waals surface area contributed by atoms with Gasteiger partial charge in [-0.1, -0.05) is 35.9 Å². The SMILES string of the molecule is Cc1ccc(C(O)=C2C(=O)C(=O)N[C@@H]2c2ccc3c(c2)OCO3)cc1. The molecule has 0 unspecified atom stereocenters. The minimum atomic E-state index is -0.740. The summed E-state index contributed by atoms with van der Waals surface area (Å²) in [5, 5.41) is 13.3. The van der Waals surface area contributed by atoms with Gasteiger partial charge in [-0.05, 0) is 24.6 Å². The molecule has 6 heteroatoms. The van der Waals surface area contributed by atoms with E-state index in [4.69, 9.17) is 9.47 Å². The Kier molecular flexibility index (Phi) is 3.46. The molecular weight excluding hydrogens is 322 g/mol. The van der Waals surface area contributed by atoms with Crippen LogP contribution in [0.4, 0.5) is 0 Å². The van der Waals surface area contributed by atoms with E-state index in [2.05, 4.69) is 5.32 Å². The molecule has 0 spiro atoms. The second-order valence-electron chi connectivity index (χ2n) is 5.98. The molecule has 2 N–H and O–H groups in total. The average molecular weight is 337 g/mol. The van der Waals surface area contributed by atoms with Crippen LogP contribution in [-0.2, 0) is 9.59 Å². The molecule has 2 aliphatic heterocycles. The maximum Gasteiger partial charge on any atom is 0.293 e. The van der Waals surface area contributed by atoms with Gasteiger partial charge < -0.3 is 19.9 Å². The molecule has 0 bridgehead atoms. The van der Waals surface area contributed by atoms with Crippen LogP contribution in [0, 0.1) is 6.92 Å². The molecule has 2 aromatic rings. The van der Waals surface area contributed by atoms with E-state index in [0.717, 1.165) is 5.56 Å². The van der Waals surface area contributed by atoms with E-state index in [-0.39, 0.29) is 18.1 Å². The lowest BCUT2D eigenvalue weighted by atomic mass is 9.95. The fourth-order valence-electron chi connectivity index (χ4n) is 2.98. The zero-order valence-electron chi connectivity index (χ0n) is 13.4. The first kappa shape index (κ1) is 15.3. The molecule has 25 heavy (non-hydrogen) atoms. The number of aryl methyl sites for hydroxylation is 1. The zero-order chi connectivity index (χ0) is 17.6. The number of carbonyl (C=O) groups is 2. The number of aliphatic hydroxyl groups excluding tert-OH is 1. The third-order valence-electron chi connectivity index (χ3n) is 4.33. The molecule has 6 nitrogen and oxygen atoms in total. The highest BCUT2D eigenvalue weighted by Crippen LogP contribution is 2.38. The number of rotatable bonds is 2. The number of ketones is 1. The number of hydrogen-bond donors (Lipinski definition) is 2. The van der Waals surface area contributed by atoms with Gasteiger partial charge in [-0.25, -0.2) is 0 Å². The first-order valence-corrected chi connectivity index (χ1v) is 7.79. The highest BCUT2D eigenvalue weighted by molar-refractivity contribution is 6.46. The smallest absolute Gasteiger partial charge is 0.293 e. The van der Waals surface area contributed by atoms with Gasteiger partial charge in [-0.15, -0.1) is 0 Å². The molecular formula is C19H15NO5. The first-order valence-electron chi connectivity index (χ1n) is 7.79. The molecule has 1 atom stereocenters. The van der Waals surface area contributed by atoms with Crippen molar-refractivity contribution in [3.8, 4) is 11.5 Å². The molecule has 0 aromatic heterocycles. The largest absolute Gasteiger partial charge is 0.507 e. The lowest BCUT2D eigenvalue weighted by Gasteiger charge is -2.14. The lowest BCUT2D eigenvalue weighted by molar-refractivity contribution is -0.133. The molecule has 1 fully saturated rings. The van der Waals surface area contributed by atoms with Gasteiger partial charge in [0.25, 0.3) is 11.7 Å². The van der Waals surface area contributed by atoms with Crippen molar-refractivity contribution in [3.05, 3.63) is 64.7 Å². The van der Waals surface area contributed by atoms with Gasteiger partial charge in [-0.3, -0.25) is 9.59 Å². The van der Waals surface area contributed by atoms with E-state index in [1.165, 1.54) is 0 Å². The summed E-state index contributed by atoms with van der Waals surface area (Å²) in [6.45, 7) is 2.06. The van der Waals surface area contributed by atoms with Crippen LogP contribution in [-0.4, -0.2) is 23.6 Å². The van der Waals surface area contributed by atoms with Crippen molar-refractivity contribution in [3.63, 3.8) is 0 Å². The Hall–Kier alpha value is -3.28. The van der Waals surface area contributed by atoms with Crippen LogP contribution in [0.3, 0.4) is 0 Å². The average Bonchev–Trinajstić information content (AvgIpc) is 3.19. The summed E-state index contributed by atoms with van der Waals surface area (Å²) in [4.78, 5) is 24.2. The van der Waals surface area contributed by atoms with Crippen molar-refractivity contribution in [1.82, 2.24) is 5.32 Å². The maximum atomic E-state index is 12.3. The van der Waals surface area contributed by atoms with E-state index >= 15 is 0 Å². The first-order chi connectivity index (χ1) is 12.0. The Morgan fingerprint density at radius 1 is 1.08 bits per heavy atom. The highest BCUT2D eigenvalue weighted by atomic mass is 16.7. The summed E-state index contributed by atoms with van der Waals surface area (Å²) in [6.07, 6.45) is 0. The Bertz CT molecular complexity index is 914. The summed E-state index contributed by atoms with van der Waals surface area (Å²) in [7, 11) is 0. The van der Waals surface area contributed by atoms with Gasteiger partial charge >= 0.3 is 0 Å². The molecule has 0 aliphatic carbocycles. The highest BCUT2D eigenvalue weighted by Gasteiger charge is 2.40. The molecule has 1 saturated heterocycles. The number of fused-ring (bicyclic) bond motifs is 1. The Balaban J connectivity index is 1.81. The molecule has 0 radical (unpaired) electrons. The van der Waals surface area contributed by atoms with Gasteiger partial charge in [0.05, 0.1) is 11.6 Å². The summed E-state index contributed by atoms with van der Waals surface area (Å²) < 4.78 is 10.6. The molecule has 2 aromatic carbocycles. The van der Waals surface area contributed by atoms with Gasteiger partial charge in [0, 0.05) is 5.56 Å². The molecule has 1 amide bonds. The number of aliphatic hydroxyl groups is 1. The standard InChI is InChI=1S/C19H15NO5/c1-10-2-4-11(5-3-10)17(21)15-16(20-19(23)18(15)22)12-6-7-13-14(8-12)25-9-24-13/h2-8,16,21H,9H2,1H3,(H,20,23)/t16-/m1/s1. The second-order valence-corrected chi connectivity index (χ2v) is 5.98. The van der Waals surface area contributed by atoms with Crippen molar-refractivity contribution in [1.29, 1.82) is 0 Å². The van der Waals surface area contributed by atoms with Gasteiger partial charge in [-0.2, -0.15) is 0 Å². The Morgan fingerprint density at radius 3 is 2.56 bits per heavy atom. The summed E-state index contributed by atoms with van der Waals surface area (Å²) in [5.41, 5.74) is 2.18. The molecule has 2 aliphatic rings. The Morgan fingerprint density at radius 2 is 1.80 bits per heavy atom. The minimum absolute atomic E-state index is 0.0349. The van der Waals surface area contributed by atoms with Gasteiger partial charge in [0.1, 0.15) is 5.76 Å². The Labute approximate surface area is 143 Å². The summed E-state index contributed by atoms with van der Waals surface area (Å²) >= 11 is 0. The molecule has 4 rings (SSSR count). The summed E-state index contributed by atoms with van der Waals surface area (Å²) in [6, 6.07) is 11.5. The fourth-order valence-corrected chi connectivity index (χ4v) is 2.98. The van der Waals surface area contributed by atoms with Crippen LogP contribution >= 0.6 is 0 Å². The molecule has 0 saturated carbocycles. The van der Waals surface area contributed by atoms with Gasteiger partial charge in [0.2, 0.25) is 6.79 Å². The fraction of sp³-hybridized carbons (Fsp3) is 0.158. The van der Waals surface area contributed by atoms with Crippen LogP contribution in [0.15, 0.2) is 48.0 Å². The molecule has 2 heterocycles. The zero-order valence-corrected chi connectivity index (χ0v) is 13.4. The van der Waals surface area contributed by atoms with Crippen LogP contribution in [0.1, 0.15) is 22.7 Å². The van der Waals surface area contributed by atoms with E-state index in [1.807, 2.05) is 19.1 Å². The molecule has 126 valence electrons.